The third-order valence-electron chi connectivity index (χ3n) is 8.68. The SMILES string of the molecule is COc1cc(O)cc(Nc2ccnc3ccc(Br)cc23)c1.COc1cc(O)cc(Nc2ccnc3ccc(N=S(C)(=O)c4cccc5ccccc45)cc23)c1. The molecule has 12 heteroatoms. The van der Waals surface area contributed by atoms with Crippen molar-refractivity contribution < 1.29 is 23.9 Å². The molecule has 0 aliphatic rings. The van der Waals surface area contributed by atoms with Crippen molar-refractivity contribution in [3.63, 3.8) is 0 Å². The number of nitrogens with zero attached hydrogens (tertiary/aromatic N) is 3. The number of phenolic OH excluding ortho intramolecular Hbond substituents is 2. The molecular weight excluding hydrogens is 778 g/mol. The van der Waals surface area contributed by atoms with Gasteiger partial charge in [-0.3, -0.25) is 9.97 Å². The number of phenols is 2. The van der Waals surface area contributed by atoms with Crippen LogP contribution in [0.25, 0.3) is 32.6 Å². The zero-order valence-electron chi connectivity index (χ0n) is 30.0. The molecule has 2 heterocycles. The minimum absolute atomic E-state index is 0.0942. The summed E-state index contributed by atoms with van der Waals surface area (Å²) in [6.07, 6.45) is 5.12. The third-order valence-corrected chi connectivity index (χ3v) is 10.9. The van der Waals surface area contributed by atoms with E-state index in [1.807, 2.05) is 97.1 Å². The highest BCUT2D eigenvalue weighted by molar-refractivity contribution is 9.10. The fourth-order valence-corrected chi connectivity index (χ4v) is 8.06. The Balaban J connectivity index is 0.000000190. The van der Waals surface area contributed by atoms with Crippen LogP contribution < -0.4 is 20.1 Å². The number of benzene rings is 6. The summed E-state index contributed by atoms with van der Waals surface area (Å²) in [5, 5.41) is 30.1. The van der Waals surface area contributed by atoms with E-state index in [4.69, 9.17) is 9.47 Å². The first kappa shape index (κ1) is 37.0. The molecule has 0 spiro atoms. The maximum atomic E-state index is 13.8. The van der Waals surface area contributed by atoms with Gasteiger partial charge in [-0.05, 0) is 65.4 Å². The Kier molecular flexibility index (Phi) is 10.7. The Hall–Kier alpha value is -6.37. The van der Waals surface area contributed by atoms with Crippen LogP contribution in [-0.4, -0.2) is 44.9 Å². The van der Waals surface area contributed by atoms with Gasteiger partial charge in [0.25, 0.3) is 0 Å². The van der Waals surface area contributed by atoms with Crippen molar-refractivity contribution in [2.45, 2.75) is 4.90 Å². The molecule has 8 rings (SSSR count). The normalized spacial score (nSPS) is 12.0. The molecule has 0 radical (unpaired) electrons. The average molecular weight is 815 g/mol. The van der Waals surface area contributed by atoms with Crippen LogP contribution in [0, 0.1) is 0 Å². The number of hydrogen-bond acceptors (Lipinski definition) is 10. The van der Waals surface area contributed by atoms with Crippen LogP contribution in [0.3, 0.4) is 0 Å². The van der Waals surface area contributed by atoms with Gasteiger partial charge in [-0.15, -0.1) is 0 Å². The number of hydrogen-bond donors (Lipinski definition) is 4. The lowest BCUT2D eigenvalue weighted by Crippen LogP contribution is -1.98. The first-order valence-electron chi connectivity index (χ1n) is 17.0. The molecule has 2 aromatic heterocycles. The molecule has 0 amide bonds. The van der Waals surface area contributed by atoms with E-state index < -0.39 is 9.73 Å². The minimum Gasteiger partial charge on any atom is -0.508 e. The van der Waals surface area contributed by atoms with Crippen LogP contribution in [0.15, 0.2) is 154 Å². The van der Waals surface area contributed by atoms with Gasteiger partial charge in [0.05, 0.1) is 45.6 Å². The van der Waals surface area contributed by atoms with Gasteiger partial charge in [0.2, 0.25) is 0 Å². The van der Waals surface area contributed by atoms with E-state index in [9.17, 15) is 14.4 Å². The fourth-order valence-electron chi connectivity index (χ4n) is 6.16. The molecule has 4 N–H and O–H groups in total. The van der Waals surface area contributed by atoms with Crippen molar-refractivity contribution in [1.82, 2.24) is 9.97 Å². The number of anilines is 4. The largest absolute Gasteiger partial charge is 0.508 e. The number of fused-ring (bicyclic) bond motifs is 3. The van der Waals surface area contributed by atoms with Gasteiger partial charge in [-0.2, -0.15) is 4.36 Å². The standard InChI is InChI=1S/C27H23N3O3S.C16H13BrN2O2/c1-33-22-15-20(14-21(31)17-22)29-26-12-13-28-25-11-10-19(16-24(25)26)30-34(2,32)27-9-5-7-18-6-3-4-8-23(18)27;1-21-13-8-11(7-12(20)9-13)19-16-4-5-18-15-3-2-10(17)6-14(15)16/h3-17,31H,1-2H3,(H,28,29);2-9,20H,1H3,(H,18,19). The van der Waals surface area contributed by atoms with Crippen LogP contribution in [-0.2, 0) is 9.73 Å². The summed E-state index contributed by atoms with van der Waals surface area (Å²) in [4.78, 5) is 9.50. The molecule has 0 aliphatic heterocycles. The van der Waals surface area contributed by atoms with Crippen LogP contribution in [0.4, 0.5) is 28.4 Å². The van der Waals surface area contributed by atoms with Gasteiger partial charge in [0.1, 0.15) is 23.0 Å². The predicted octanol–water partition coefficient (Wildman–Crippen LogP) is 11.1. The summed E-state index contributed by atoms with van der Waals surface area (Å²) in [7, 11) is 0.405. The van der Waals surface area contributed by atoms with Gasteiger partial charge in [0, 0.05) is 93.0 Å². The van der Waals surface area contributed by atoms with E-state index in [-0.39, 0.29) is 11.5 Å². The van der Waals surface area contributed by atoms with Crippen molar-refractivity contribution in [2.75, 3.05) is 31.1 Å². The molecular formula is C43H36BrN5O5S. The monoisotopic (exact) mass is 813 g/mol. The molecule has 10 nitrogen and oxygen atoms in total. The highest BCUT2D eigenvalue weighted by Crippen LogP contribution is 2.34. The van der Waals surface area contributed by atoms with E-state index in [1.54, 1.807) is 57.1 Å². The third kappa shape index (κ3) is 8.56. The van der Waals surface area contributed by atoms with Crippen molar-refractivity contribution in [3.8, 4) is 23.0 Å². The molecule has 55 heavy (non-hydrogen) atoms. The molecule has 6 aromatic carbocycles. The molecule has 0 fully saturated rings. The second kappa shape index (κ2) is 15.9. The second-order valence-electron chi connectivity index (χ2n) is 12.5. The Bertz CT molecular complexity index is 2820. The summed E-state index contributed by atoms with van der Waals surface area (Å²) < 4.78 is 29.8. The maximum absolute atomic E-state index is 13.8. The topological polar surface area (TPSA) is 138 Å². The summed E-state index contributed by atoms with van der Waals surface area (Å²) in [5.74, 6) is 1.38. The maximum Gasteiger partial charge on any atom is 0.124 e. The first-order chi connectivity index (χ1) is 26.6. The van der Waals surface area contributed by atoms with Crippen LogP contribution in [0.2, 0.25) is 0 Å². The van der Waals surface area contributed by atoms with Gasteiger partial charge in [0.15, 0.2) is 0 Å². The molecule has 0 bridgehead atoms. The Labute approximate surface area is 326 Å². The number of methoxy groups -OCH3 is 2. The fraction of sp³-hybridized carbons (Fsp3) is 0.0698. The predicted molar refractivity (Wildman–Crippen MR) is 225 cm³/mol. The number of halogens is 1. The molecule has 0 aliphatic carbocycles. The summed E-state index contributed by atoms with van der Waals surface area (Å²) in [6.45, 7) is 0. The average Bonchev–Trinajstić information content (AvgIpc) is 3.17. The van der Waals surface area contributed by atoms with E-state index >= 15 is 0 Å². The summed E-state index contributed by atoms with van der Waals surface area (Å²) in [5.41, 5.74) is 5.37. The van der Waals surface area contributed by atoms with Gasteiger partial charge in [-0.1, -0.05) is 52.3 Å². The highest BCUT2D eigenvalue weighted by atomic mass is 79.9. The molecule has 0 saturated heterocycles. The number of rotatable bonds is 8. The zero-order chi connectivity index (χ0) is 38.5. The van der Waals surface area contributed by atoms with E-state index in [0.717, 1.165) is 54.1 Å². The molecule has 0 saturated carbocycles. The van der Waals surface area contributed by atoms with Gasteiger partial charge < -0.3 is 30.3 Å². The molecule has 276 valence electrons. The lowest BCUT2D eigenvalue weighted by atomic mass is 10.1. The number of pyridine rings is 2. The van der Waals surface area contributed by atoms with Crippen molar-refractivity contribution in [1.29, 1.82) is 0 Å². The van der Waals surface area contributed by atoms with Crippen LogP contribution in [0.5, 0.6) is 23.0 Å². The Morgan fingerprint density at radius 3 is 1.82 bits per heavy atom. The first-order valence-corrected chi connectivity index (χ1v) is 19.7. The Morgan fingerprint density at radius 1 is 0.636 bits per heavy atom. The van der Waals surface area contributed by atoms with E-state index in [1.165, 1.54) is 6.07 Å². The molecule has 8 aromatic rings. The number of aromatic nitrogens is 2. The van der Waals surface area contributed by atoms with Gasteiger partial charge >= 0.3 is 0 Å². The number of aromatic hydroxyl groups is 2. The van der Waals surface area contributed by atoms with Crippen molar-refractivity contribution >= 4 is 86.7 Å². The summed E-state index contributed by atoms with van der Waals surface area (Å²) in [6, 6.07) is 38.9. The lowest BCUT2D eigenvalue weighted by molar-refractivity contribution is 0.407. The van der Waals surface area contributed by atoms with E-state index in [2.05, 4.69) is 40.9 Å². The molecule has 1 atom stereocenters. The van der Waals surface area contributed by atoms with Crippen LogP contribution >= 0.6 is 15.9 Å². The number of ether oxygens (including phenoxy) is 2. The number of nitrogens with one attached hydrogen (secondary N) is 2. The molecule has 1 unspecified atom stereocenters. The van der Waals surface area contributed by atoms with E-state index in [0.29, 0.717) is 27.8 Å². The van der Waals surface area contributed by atoms with Crippen LogP contribution in [0.1, 0.15) is 0 Å². The second-order valence-corrected chi connectivity index (χ2v) is 15.7. The van der Waals surface area contributed by atoms with Crippen molar-refractivity contribution in [2.24, 2.45) is 4.36 Å². The Morgan fingerprint density at radius 2 is 1.20 bits per heavy atom. The van der Waals surface area contributed by atoms with Crippen molar-refractivity contribution in [3.05, 3.63) is 144 Å². The zero-order valence-corrected chi connectivity index (χ0v) is 32.4. The minimum atomic E-state index is -2.71. The van der Waals surface area contributed by atoms with Gasteiger partial charge in [-0.25, -0.2) is 4.21 Å². The summed E-state index contributed by atoms with van der Waals surface area (Å²) >= 11 is 3.47. The highest BCUT2D eigenvalue weighted by Gasteiger charge is 2.13. The lowest BCUT2D eigenvalue weighted by Gasteiger charge is -2.12. The smallest absolute Gasteiger partial charge is 0.124 e. The quantitative estimate of drug-likeness (QED) is 0.118.